The van der Waals surface area contributed by atoms with E-state index in [9.17, 15) is 48.5 Å². The molecule has 2 aliphatic rings. The Balaban J connectivity index is 1.15. The second-order valence-electron chi connectivity index (χ2n) is 13.1. The Morgan fingerprint density at radius 3 is 1.61 bits per heavy atom. The van der Waals surface area contributed by atoms with Crippen LogP contribution in [0, 0.1) is 0 Å². The second-order valence-corrected chi connectivity index (χ2v) is 17.3. The molecule has 0 bridgehead atoms. The van der Waals surface area contributed by atoms with Crippen LogP contribution >= 0.6 is 0 Å². The van der Waals surface area contributed by atoms with Crippen LogP contribution in [-0.2, 0) is 30.4 Å². The van der Waals surface area contributed by atoms with Gasteiger partial charge in [0, 0.05) is 16.9 Å². The molecule has 312 valence electrons. The molecule has 0 spiro atoms. The molecule has 6 N–H and O–H groups in total. The lowest BCUT2D eigenvalue weighted by atomic mass is 9.94. The van der Waals surface area contributed by atoms with Crippen LogP contribution < -0.4 is 25.6 Å². The molecule has 5 aromatic carbocycles. The molecule has 0 radical (unpaired) electrons. The van der Waals surface area contributed by atoms with E-state index >= 15 is 0 Å². The largest absolute Gasteiger partial charge is 0.494 e. The van der Waals surface area contributed by atoms with Gasteiger partial charge in [0.2, 0.25) is 11.6 Å². The van der Waals surface area contributed by atoms with E-state index in [1.165, 1.54) is 44.6 Å². The number of para-hydroxylation sites is 1. The maximum Gasteiger partial charge on any atom is 0.296 e. The Hall–Kier alpha value is -7.01. The summed E-state index contributed by atoms with van der Waals surface area (Å²) in [6.45, 7) is 0. The number of rotatable bonds is 12. The molecule has 7 rings (SSSR count). The monoisotopic (exact) mass is 885 g/mol. The van der Waals surface area contributed by atoms with E-state index in [0.29, 0.717) is 16.8 Å². The van der Waals surface area contributed by atoms with E-state index in [4.69, 9.17) is 9.47 Å². The van der Waals surface area contributed by atoms with E-state index in [2.05, 4.69) is 26.4 Å². The molecule has 0 amide bonds. The summed E-state index contributed by atoms with van der Waals surface area (Å²) in [5.41, 5.74) is 6.06. The van der Waals surface area contributed by atoms with Crippen LogP contribution in [0.5, 0.6) is 11.5 Å². The van der Waals surface area contributed by atoms with Gasteiger partial charge in [-0.15, -0.1) is 0 Å². The minimum absolute atomic E-state index is 0.0984. The molecule has 0 saturated heterocycles. The number of nitrogens with one attached hydrogen (secondary N) is 3. The first-order valence-electron chi connectivity index (χ1n) is 17.5. The van der Waals surface area contributed by atoms with Crippen LogP contribution in [0.1, 0.15) is 31.8 Å². The number of methoxy groups -OCH3 is 2. The highest BCUT2D eigenvalue weighted by molar-refractivity contribution is 7.91. The van der Waals surface area contributed by atoms with Crippen LogP contribution in [0.4, 0.5) is 22.7 Å². The number of anilines is 4. The van der Waals surface area contributed by atoms with Crippen LogP contribution in [0.3, 0.4) is 0 Å². The second kappa shape index (κ2) is 16.2. The first kappa shape index (κ1) is 42.1. The summed E-state index contributed by atoms with van der Waals surface area (Å²) in [4.78, 5) is 24.7. The highest BCUT2D eigenvalue weighted by Crippen LogP contribution is 2.37. The third kappa shape index (κ3) is 8.68. The molecule has 5 aromatic rings. The highest BCUT2D eigenvalue weighted by Gasteiger charge is 2.37. The van der Waals surface area contributed by atoms with Gasteiger partial charge in [-0.05, 0) is 95.1 Å². The Labute approximate surface area is 348 Å². The molecule has 0 saturated carbocycles. The van der Waals surface area contributed by atoms with Gasteiger partial charge < -0.3 is 14.8 Å². The topological polar surface area (TPSA) is 277 Å². The standard InChI is InChI=1S/C40H31N5O13S3/c1-57-31-18-22(11-15-29(31)42-44-37-35(61(54,55)56)21-25-17-27(13-14-28(25)39(37)46)41-26-8-4-3-5-9-26)23-12-16-30(32(19-23)58-2)43-45-38-34(60(51,52)53)20-24-7-6-10-33(59(48,49)50)36(24)40(38)47/h3-21,41-43H,1-2H3,(H,48,49,50)(H,51,52,53)(H,54,55,56)/b44-37-,45-38+. The molecular weight excluding hydrogens is 855 g/mol. The maximum absolute atomic E-state index is 13.6. The van der Waals surface area contributed by atoms with Gasteiger partial charge in [-0.1, -0.05) is 42.5 Å². The fourth-order valence-corrected chi connectivity index (χ4v) is 8.47. The van der Waals surface area contributed by atoms with Crippen molar-refractivity contribution in [3.05, 3.63) is 135 Å². The molecule has 0 fully saturated rings. The van der Waals surface area contributed by atoms with Gasteiger partial charge in [0.1, 0.15) is 26.2 Å². The van der Waals surface area contributed by atoms with Gasteiger partial charge in [0.25, 0.3) is 30.4 Å². The third-order valence-electron chi connectivity index (χ3n) is 9.26. The van der Waals surface area contributed by atoms with E-state index < -0.39 is 73.6 Å². The molecular formula is C40H31N5O13S3. The summed E-state index contributed by atoms with van der Waals surface area (Å²) in [5, 5.41) is 11.2. The number of hydrogen-bond donors (Lipinski definition) is 6. The average molecular weight is 886 g/mol. The fraction of sp³-hybridized carbons (Fsp3) is 0.0500. The summed E-state index contributed by atoms with van der Waals surface area (Å²) in [7, 11) is -12.3. The number of ether oxygens (including phenoxy) is 2. The Morgan fingerprint density at radius 1 is 0.541 bits per heavy atom. The zero-order valence-corrected chi connectivity index (χ0v) is 34.0. The number of ketones is 2. The van der Waals surface area contributed by atoms with Crippen molar-refractivity contribution in [2.75, 3.05) is 30.4 Å². The first-order valence-corrected chi connectivity index (χ1v) is 21.8. The summed E-state index contributed by atoms with van der Waals surface area (Å²) in [6, 6.07) is 26.6. The van der Waals surface area contributed by atoms with E-state index in [1.54, 1.807) is 36.4 Å². The van der Waals surface area contributed by atoms with Crippen molar-refractivity contribution in [3.63, 3.8) is 0 Å². The lowest BCUT2D eigenvalue weighted by molar-refractivity contribution is 0.105. The van der Waals surface area contributed by atoms with Crippen molar-refractivity contribution < 1.29 is 58.0 Å². The molecule has 0 aromatic heterocycles. The normalized spacial score (nSPS) is 15.4. The average Bonchev–Trinajstić information content (AvgIpc) is 3.21. The van der Waals surface area contributed by atoms with Crippen LogP contribution in [-0.4, -0.2) is 76.1 Å². The molecule has 21 heteroatoms. The molecule has 0 unspecified atom stereocenters. The van der Waals surface area contributed by atoms with Crippen LogP contribution in [0.25, 0.3) is 23.3 Å². The van der Waals surface area contributed by atoms with Gasteiger partial charge >= 0.3 is 0 Å². The summed E-state index contributed by atoms with van der Waals surface area (Å²) in [5.74, 6) is -1.67. The summed E-state index contributed by atoms with van der Waals surface area (Å²) in [6.07, 6.45) is 1.99. The smallest absolute Gasteiger partial charge is 0.296 e. The van der Waals surface area contributed by atoms with Gasteiger partial charge in [0.05, 0.1) is 31.2 Å². The molecule has 0 heterocycles. The number of nitrogens with zero attached hydrogens (tertiary/aromatic N) is 2. The lowest BCUT2D eigenvalue weighted by Gasteiger charge is -2.18. The molecule has 2 aliphatic carbocycles. The zero-order valence-electron chi connectivity index (χ0n) is 31.5. The lowest BCUT2D eigenvalue weighted by Crippen LogP contribution is -2.28. The number of allylic oxidation sites excluding steroid dienone is 2. The quantitative estimate of drug-likeness (QED) is 0.0606. The van der Waals surface area contributed by atoms with Crippen molar-refractivity contribution >= 4 is 88.2 Å². The van der Waals surface area contributed by atoms with Crippen molar-refractivity contribution in [1.29, 1.82) is 0 Å². The van der Waals surface area contributed by atoms with Gasteiger partial charge in [-0.2, -0.15) is 35.5 Å². The molecule has 0 aliphatic heterocycles. The fourth-order valence-electron chi connectivity index (χ4n) is 6.43. The molecule has 61 heavy (non-hydrogen) atoms. The van der Waals surface area contributed by atoms with Gasteiger partial charge in [-0.3, -0.25) is 34.1 Å². The number of benzene rings is 5. The van der Waals surface area contributed by atoms with Crippen LogP contribution in [0.15, 0.2) is 128 Å². The number of Topliss-reactive ketones (excluding diaryl/α,β-unsaturated/α-hetero) is 2. The van der Waals surface area contributed by atoms with E-state index in [0.717, 1.165) is 23.9 Å². The number of fused-ring (bicyclic) bond motifs is 2. The van der Waals surface area contributed by atoms with Crippen molar-refractivity contribution in [1.82, 2.24) is 0 Å². The Kier molecular flexibility index (Phi) is 11.2. The molecule has 0 atom stereocenters. The predicted octanol–water partition coefficient (Wildman–Crippen LogP) is 6.15. The highest BCUT2D eigenvalue weighted by atomic mass is 32.2. The first-order chi connectivity index (χ1) is 28.9. The number of carbonyl (C=O) groups excluding carboxylic acids is 2. The number of carbonyl (C=O) groups is 2. The predicted molar refractivity (Wildman–Crippen MR) is 227 cm³/mol. The van der Waals surface area contributed by atoms with E-state index in [1.807, 2.05) is 30.3 Å². The zero-order chi connectivity index (χ0) is 43.9. The SMILES string of the molecule is COc1cc(-c2ccc(N/N=C3\C(=O)c4ccc(Nc5ccccc5)cc4C=C3S(=O)(=O)O)c(OC)c2)ccc1N/N=C1/C(=O)c2c(cccc2S(=O)(=O)O)C=C1S(=O)(=O)O. The summed E-state index contributed by atoms with van der Waals surface area (Å²) >= 11 is 0. The number of hydrogen-bond acceptors (Lipinski definition) is 15. The van der Waals surface area contributed by atoms with E-state index in [-0.39, 0.29) is 39.6 Å². The van der Waals surface area contributed by atoms with Crippen molar-refractivity contribution in [3.8, 4) is 22.6 Å². The van der Waals surface area contributed by atoms with Gasteiger partial charge in [-0.25, -0.2) is 0 Å². The van der Waals surface area contributed by atoms with Crippen molar-refractivity contribution in [2.24, 2.45) is 10.2 Å². The Morgan fingerprint density at radius 2 is 1.08 bits per heavy atom. The summed E-state index contributed by atoms with van der Waals surface area (Å²) < 4.78 is 114. The third-order valence-corrected chi connectivity index (χ3v) is 11.9. The van der Waals surface area contributed by atoms with Crippen molar-refractivity contribution in [2.45, 2.75) is 4.90 Å². The maximum atomic E-state index is 13.6. The minimum Gasteiger partial charge on any atom is -0.494 e. The molecule has 18 nitrogen and oxygen atoms in total. The van der Waals surface area contributed by atoms with Crippen LogP contribution in [0.2, 0.25) is 0 Å². The Bertz CT molecular complexity index is 3150. The van der Waals surface area contributed by atoms with Gasteiger partial charge in [0.15, 0.2) is 11.4 Å². The minimum atomic E-state index is -5.08. The number of hydrazone groups is 2.